The Morgan fingerprint density at radius 2 is 1.87 bits per heavy atom. The second kappa shape index (κ2) is 6.71. The van der Waals surface area contributed by atoms with Crippen LogP contribution in [0.25, 0.3) is 6.08 Å². The largest absolute Gasteiger partial charge is 0.496 e. The van der Waals surface area contributed by atoms with Gasteiger partial charge in [0.2, 0.25) is 0 Å². The molecule has 0 aliphatic carbocycles. The summed E-state index contributed by atoms with van der Waals surface area (Å²) in [6.45, 7) is 1.99. The van der Waals surface area contributed by atoms with Crippen LogP contribution in [0, 0.1) is 6.92 Å². The second-order valence-corrected chi connectivity index (χ2v) is 6.04. The summed E-state index contributed by atoms with van der Waals surface area (Å²) in [5.74, 6) is 0.589. The fourth-order valence-electron chi connectivity index (χ4n) is 2.21. The maximum absolute atomic E-state index is 12.1. The fraction of sp³-hybridized carbons (Fsp3) is 0.111. The zero-order valence-corrected chi connectivity index (χ0v) is 13.7. The molecule has 2 aromatic carbocycles. The van der Waals surface area contributed by atoms with Crippen molar-refractivity contribution in [3.63, 3.8) is 0 Å². The smallest absolute Gasteiger partial charge is 0.264 e. The molecule has 0 spiro atoms. The van der Waals surface area contributed by atoms with Crippen LogP contribution in [-0.2, 0) is 4.79 Å². The number of carbonyl (C=O) groups excluding carboxylic acids is 1. The minimum atomic E-state index is -0.145. The number of thioether (sulfide) groups is 1. The molecule has 0 atom stereocenters. The average Bonchev–Trinajstić information content (AvgIpc) is 2.90. The summed E-state index contributed by atoms with van der Waals surface area (Å²) in [4.78, 5) is 17.3. The van der Waals surface area contributed by atoms with Gasteiger partial charge >= 0.3 is 0 Å². The molecule has 0 saturated carbocycles. The van der Waals surface area contributed by atoms with Crippen LogP contribution in [0.4, 0.5) is 5.69 Å². The van der Waals surface area contributed by atoms with E-state index in [4.69, 9.17) is 4.74 Å². The first-order chi connectivity index (χ1) is 11.2. The molecular formula is C18H16N2O2S. The van der Waals surface area contributed by atoms with E-state index < -0.39 is 0 Å². The van der Waals surface area contributed by atoms with Crippen LogP contribution in [0.5, 0.6) is 5.75 Å². The molecule has 1 saturated heterocycles. The van der Waals surface area contributed by atoms with E-state index in [9.17, 15) is 4.79 Å². The topological polar surface area (TPSA) is 50.7 Å². The molecule has 1 amide bonds. The molecule has 0 aromatic heterocycles. The number of nitrogens with zero attached hydrogens (tertiary/aromatic N) is 1. The molecule has 1 N–H and O–H groups in total. The molecule has 23 heavy (non-hydrogen) atoms. The number of hydrogen-bond acceptors (Lipinski definition) is 4. The summed E-state index contributed by atoms with van der Waals surface area (Å²) in [7, 11) is 1.62. The molecule has 2 aromatic rings. The minimum Gasteiger partial charge on any atom is -0.496 e. The van der Waals surface area contributed by atoms with Gasteiger partial charge in [-0.3, -0.25) is 4.79 Å². The molecule has 3 rings (SSSR count). The SMILES string of the molecule is COc1ccccc1/C=C1/SC(=Nc2ccccc2C)NC1=O. The van der Waals surface area contributed by atoms with Crippen molar-refractivity contribution in [2.75, 3.05) is 7.11 Å². The van der Waals surface area contributed by atoms with Crippen LogP contribution < -0.4 is 10.1 Å². The van der Waals surface area contributed by atoms with Crippen molar-refractivity contribution >= 4 is 34.6 Å². The van der Waals surface area contributed by atoms with Crippen LogP contribution in [0.15, 0.2) is 58.4 Å². The number of rotatable bonds is 3. The highest BCUT2D eigenvalue weighted by atomic mass is 32.2. The molecule has 1 aliphatic heterocycles. The third-order valence-electron chi connectivity index (χ3n) is 3.41. The average molecular weight is 324 g/mol. The number of benzene rings is 2. The van der Waals surface area contributed by atoms with E-state index >= 15 is 0 Å². The van der Waals surface area contributed by atoms with E-state index in [0.717, 1.165) is 22.6 Å². The Bertz CT molecular complexity index is 812. The Hall–Kier alpha value is -2.53. The third kappa shape index (κ3) is 3.46. The van der Waals surface area contributed by atoms with Crippen molar-refractivity contribution in [3.8, 4) is 5.75 Å². The number of methoxy groups -OCH3 is 1. The van der Waals surface area contributed by atoms with E-state index in [1.54, 1.807) is 7.11 Å². The Labute approximate surface area is 139 Å². The Morgan fingerprint density at radius 3 is 2.65 bits per heavy atom. The summed E-state index contributed by atoms with van der Waals surface area (Å²) < 4.78 is 5.31. The molecule has 4 nitrogen and oxygen atoms in total. The Balaban J connectivity index is 1.88. The highest BCUT2D eigenvalue weighted by molar-refractivity contribution is 8.18. The van der Waals surface area contributed by atoms with Gasteiger partial charge in [0.15, 0.2) is 5.17 Å². The van der Waals surface area contributed by atoms with Gasteiger partial charge in [0.25, 0.3) is 5.91 Å². The lowest BCUT2D eigenvalue weighted by molar-refractivity contribution is -0.115. The molecule has 5 heteroatoms. The third-order valence-corrected chi connectivity index (χ3v) is 4.32. The van der Waals surface area contributed by atoms with Gasteiger partial charge in [0, 0.05) is 5.56 Å². The Morgan fingerprint density at radius 1 is 1.13 bits per heavy atom. The van der Waals surface area contributed by atoms with Crippen molar-refractivity contribution in [1.29, 1.82) is 0 Å². The van der Waals surface area contributed by atoms with E-state index in [0.29, 0.717) is 10.1 Å². The van der Waals surface area contributed by atoms with Gasteiger partial charge in [0.1, 0.15) is 5.75 Å². The molecular weight excluding hydrogens is 308 g/mol. The summed E-state index contributed by atoms with van der Waals surface area (Å²) in [5.41, 5.74) is 2.79. The minimum absolute atomic E-state index is 0.145. The highest BCUT2D eigenvalue weighted by Crippen LogP contribution is 2.30. The number of amidine groups is 1. The standard InChI is InChI=1S/C18H16N2O2S/c1-12-7-3-5-9-14(12)19-18-20-17(21)16(23-18)11-13-8-4-6-10-15(13)22-2/h3-11H,1-2H3,(H,19,20,21)/b16-11+. The fourth-order valence-corrected chi connectivity index (χ4v) is 3.03. The van der Waals surface area contributed by atoms with Gasteiger partial charge in [-0.05, 0) is 42.5 Å². The summed E-state index contributed by atoms with van der Waals surface area (Å²) >= 11 is 1.33. The first kappa shape index (κ1) is 15.4. The van der Waals surface area contributed by atoms with Gasteiger partial charge < -0.3 is 10.1 Å². The molecule has 0 unspecified atom stereocenters. The first-order valence-corrected chi connectivity index (χ1v) is 7.97. The molecule has 0 bridgehead atoms. The van der Waals surface area contributed by atoms with Crippen LogP contribution in [0.3, 0.4) is 0 Å². The number of aryl methyl sites for hydroxylation is 1. The number of hydrogen-bond donors (Lipinski definition) is 1. The van der Waals surface area contributed by atoms with Crippen molar-refractivity contribution in [1.82, 2.24) is 5.32 Å². The Kier molecular flexibility index (Phi) is 4.48. The number of carbonyl (C=O) groups is 1. The van der Waals surface area contributed by atoms with Crippen molar-refractivity contribution < 1.29 is 9.53 Å². The van der Waals surface area contributed by atoms with Gasteiger partial charge in [0.05, 0.1) is 17.7 Å². The molecule has 116 valence electrons. The van der Waals surface area contributed by atoms with E-state index in [1.807, 2.05) is 61.5 Å². The van der Waals surface area contributed by atoms with Crippen LogP contribution in [0.1, 0.15) is 11.1 Å². The van der Waals surface area contributed by atoms with E-state index in [-0.39, 0.29) is 5.91 Å². The van der Waals surface area contributed by atoms with Crippen LogP contribution >= 0.6 is 11.8 Å². The lowest BCUT2D eigenvalue weighted by atomic mass is 10.2. The summed E-state index contributed by atoms with van der Waals surface area (Å²) in [6.07, 6.45) is 1.82. The maximum atomic E-state index is 12.1. The van der Waals surface area contributed by atoms with Crippen LogP contribution in [0.2, 0.25) is 0 Å². The number of para-hydroxylation sites is 2. The van der Waals surface area contributed by atoms with E-state index in [2.05, 4.69) is 10.3 Å². The van der Waals surface area contributed by atoms with Gasteiger partial charge in [-0.1, -0.05) is 36.4 Å². The summed E-state index contributed by atoms with van der Waals surface area (Å²) in [6, 6.07) is 15.4. The molecule has 1 fully saturated rings. The zero-order valence-electron chi connectivity index (χ0n) is 12.9. The van der Waals surface area contributed by atoms with Gasteiger partial charge in [-0.15, -0.1) is 0 Å². The first-order valence-electron chi connectivity index (χ1n) is 7.15. The quantitative estimate of drug-likeness (QED) is 0.871. The maximum Gasteiger partial charge on any atom is 0.264 e. The predicted molar refractivity (Wildman–Crippen MR) is 95.0 cm³/mol. The number of amides is 1. The number of ether oxygens (including phenoxy) is 1. The lowest BCUT2D eigenvalue weighted by Gasteiger charge is -2.03. The molecule has 0 radical (unpaired) electrons. The van der Waals surface area contributed by atoms with Gasteiger partial charge in [-0.2, -0.15) is 0 Å². The number of nitrogens with one attached hydrogen (secondary N) is 1. The van der Waals surface area contributed by atoms with Crippen LogP contribution in [-0.4, -0.2) is 18.2 Å². The second-order valence-electron chi connectivity index (χ2n) is 5.01. The zero-order chi connectivity index (χ0) is 16.2. The summed E-state index contributed by atoms with van der Waals surface area (Å²) in [5, 5.41) is 3.39. The molecule has 1 heterocycles. The van der Waals surface area contributed by atoms with Crippen molar-refractivity contribution in [2.45, 2.75) is 6.92 Å². The molecule has 1 aliphatic rings. The monoisotopic (exact) mass is 324 g/mol. The lowest BCUT2D eigenvalue weighted by Crippen LogP contribution is -2.19. The van der Waals surface area contributed by atoms with Crippen molar-refractivity contribution in [2.24, 2.45) is 4.99 Å². The predicted octanol–water partition coefficient (Wildman–Crippen LogP) is 3.90. The van der Waals surface area contributed by atoms with E-state index in [1.165, 1.54) is 11.8 Å². The van der Waals surface area contributed by atoms with Crippen molar-refractivity contribution in [3.05, 3.63) is 64.6 Å². The highest BCUT2D eigenvalue weighted by Gasteiger charge is 2.24. The van der Waals surface area contributed by atoms with Gasteiger partial charge in [-0.25, -0.2) is 4.99 Å². The number of aliphatic imine (C=N–C) groups is 1. The normalized spacial score (nSPS) is 17.6.